The molecular weight excluding hydrogens is 234 g/mol. The second kappa shape index (κ2) is 7.34. The van der Waals surface area contributed by atoms with Gasteiger partial charge in [0.1, 0.15) is 6.61 Å². The third kappa shape index (κ3) is 4.10. The molecule has 5 nitrogen and oxygen atoms in total. The SMILES string of the molecule is C=CC(=O)Nc1ccc(OCCOC)c(OC)c1. The molecule has 0 aromatic heterocycles. The van der Waals surface area contributed by atoms with Crippen LogP contribution in [-0.2, 0) is 9.53 Å². The quantitative estimate of drug-likeness (QED) is 0.593. The molecule has 0 heterocycles. The van der Waals surface area contributed by atoms with Gasteiger partial charge in [-0.25, -0.2) is 0 Å². The van der Waals surface area contributed by atoms with Crippen LogP contribution in [0.5, 0.6) is 11.5 Å². The number of hydrogen-bond donors (Lipinski definition) is 1. The van der Waals surface area contributed by atoms with Crippen molar-refractivity contribution in [3.8, 4) is 11.5 Å². The number of carbonyl (C=O) groups excluding carboxylic acids is 1. The van der Waals surface area contributed by atoms with E-state index >= 15 is 0 Å². The Bertz CT molecular complexity index is 417. The normalized spacial score (nSPS) is 9.67. The van der Waals surface area contributed by atoms with Crippen LogP contribution in [0.2, 0.25) is 0 Å². The lowest BCUT2D eigenvalue weighted by atomic mass is 10.2. The number of benzene rings is 1. The molecule has 0 bridgehead atoms. The van der Waals surface area contributed by atoms with Crippen molar-refractivity contribution >= 4 is 11.6 Å². The van der Waals surface area contributed by atoms with E-state index in [0.29, 0.717) is 30.4 Å². The molecule has 0 aliphatic heterocycles. The maximum atomic E-state index is 11.2. The first-order valence-electron chi connectivity index (χ1n) is 5.44. The van der Waals surface area contributed by atoms with E-state index < -0.39 is 0 Å². The summed E-state index contributed by atoms with van der Waals surface area (Å²) in [4.78, 5) is 11.2. The van der Waals surface area contributed by atoms with Crippen LogP contribution in [0.25, 0.3) is 0 Å². The second-order valence-electron chi connectivity index (χ2n) is 3.40. The molecule has 0 saturated carbocycles. The van der Waals surface area contributed by atoms with Crippen molar-refractivity contribution in [1.82, 2.24) is 0 Å². The highest BCUT2D eigenvalue weighted by atomic mass is 16.5. The largest absolute Gasteiger partial charge is 0.493 e. The van der Waals surface area contributed by atoms with Crippen LogP contribution in [0.4, 0.5) is 5.69 Å². The summed E-state index contributed by atoms with van der Waals surface area (Å²) < 4.78 is 15.6. The Hall–Kier alpha value is -2.01. The van der Waals surface area contributed by atoms with Gasteiger partial charge < -0.3 is 19.5 Å². The van der Waals surface area contributed by atoms with Gasteiger partial charge in [0.15, 0.2) is 11.5 Å². The van der Waals surface area contributed by atoms with Crippen LogP contribution in [-0.4, -0.2) is 33.3 Å². The van der Waals surface area contributed by atoms with Crippen molar-refractivity contribution in [2.45, 2.75) is 0 Å². The lowest BCUT2D eigenvalue weighted by Gasteiger charge is -2.12. The zero-order valence-electron chi connectivity index (χ0n) is 10.6. The fraction of sp³-hybridized carbons (Fsp3) is 0.308. The van der Waals surface area contributed by atoms with E-state index in [0.717, 1.165) is 0 Å². The van der Waals surface area contributed by atoms with Gasteiger partial charge in [-0.2, -0.15) is 0 Å². The Balaban J connectivity index is 2.75. The van der Waals surface area contributed by atoms with Crippen molar-refractivity contribution in [2.24, 2.45) is 0 Å². The molecule has 0 spiro atoms. The van der Waals surface area contributed by atoms with Crippen LogP contribution in [0.1, 0.15) is 0 Å². The molecule has 5 heteroatoms. The first-order valence-corrected chi connectivity index (χ1v) is 5.44. The molecular formula is C13H17NO4. The first-order chi connectivity index (χ1) is 8.71. The highest BCUT2D eigenvalue weighted by molar-refractivity contribution is 5.99. The van der Waals surface area contributed by atoms with E-state index in [1.54, 1.807) is 25.3 Å². The highest BCUT2D eigenvalue weighted by Crippen LogP contribution is 2.30. The molecule has 18 heavy (non-hydrogen) atoms. The van der Waals surface area contributed by atoms with E-state index in [1.807, 2.05) is 0 Å². The summed E-state index contributed by atoms with van der Waals surface area (Å²) >= 11 is 0. The summed E-state index contributed by atoms with van der Waals surface area (Å²) in [5.74, 6) is 0.879. The number of ether oxygens (including phenoxy) is 3. The zero-order chi connectivity index (χ0) is 13.4. The number of methoxy groups -OCH3 is 2. The van der Waals surface area contributed by atoms with Crippen molar-refractivity contribution in [2.75, 3.05) is 32.8 Å². The lowest BCUT2D eigenvalue weighted by molar-refractivity contribution is -0.111. The second-order valence-corrected chi connectivity index (χ2v) is 3.40. The molecule has 0 atom stereocenters. The number of amides is 1. The van der Waals surface area contributed by atoms with Gasteiger partial charge in [-0.3, -0.25) is 4.79 Å². The van der Waals surface area contributed by atoms with E-state index in [9.17, 15) is 4.79 Å². The molecule has 1 aromatic carbocycles. The smallest absolute Gasteiger partial charge is 0.247 e. The van der Waals surface area contributed by atoms with Gasteiger partial charge in [0.2, 0.25) is 5.91 Å². The fourth-order valence-corrected chi connectivity index (χ4v) is 1.29. The Kier molecular flexibility index (Phi) is 5.73. The maximum Gasteiger partial charge on any atom is 0.247 e. The number of anilines is 1. The van der Waals surface area contributed by atoms with E-state index in [1.165, 1.54) is 13.2 Å². The van der Waals surface area contributed by atoms with Crippen LogP contribution in [0.3, 0.4) is 0 Å². The summed E-state index contributed by atoms with van der Waals surface area (Å²) in [7, 11) is 3.14. The molecule has 98 valence electrons. The molecule has 1 amide bonds. The van der Waals surface area contributed by atoms with Crippen molar-refractivity contribution in [3.63, 3.8) is 0 Å². The monoisotopic (exact) mass is 251 g/mol. The number of rotatable bonds is 7. The molecule has 0 radical (unpaired) electrons. The number of carbonyl (C=O) groups is 1. The van der Waals surface area contributed by atoms with Gasteiger partial charge in [-0.15, -0.1) is 0 Å². The van der Waals surface area contributed by atoms with Gasteiger partial charge in [-0.1, -0.05) is 6.58 Å². The van der Waals surface area contributed by atoms with Crippen molar-refractivity contribution < 1.29 is 19.0 Å². The number of hydrogen-bond acceptors (Lipinski definition) is 4. The first kappa shape index (κ1) is 14.1. The summed E-state index contributed by atoms with van der Waals surface area (Å²) in [5, 5.41) is 2.64. The molecule has 0 fully saturated rings. The minimum Gasteiger partial charge on any atom is -0.493 e. The van der Waals surface area contributed by atoms with Crippen LogP contribution in [0, 0.1) is 0 Å². The zero-order valence-corrected chi connectivity index (χ0v) is 10.6. The predicted molar refractivity (Wildman–Crippen MR) is 69.2 cm³/mol. The molecule has 0 unspecified atom stereocenters. The van der Waals surface area contributed by atoms with E-state index in [4.69, 9.17) is 14.2 Å². The summed E-state index contributed by atoms with van der Waals surface area (Å²) in [6.45, 7) is 4.32. The van der Waals surface area contributed by atoms with Crippen LogP contribution < -0.4 is 14.8 Å². The highest BCUT2D eigenvalue weighted by Gasteiger charge is 2.06. The Morgan fingerprint density at radius 2 is 2.11 bits per heavy atom. The van der Waals surface area contributed by atoms with Gasteiger partial charge in [-0.05, 0) is 18.2 Å². The van der Waals surface area contributed by atoms with Crippen LogP contribution >= 0.6 is 0 Å². The lowest BCUT2D eigenvalue weighted by Crippen LogP contribution is -2.08. The molecule has 1 N–H and O–H groups in total. The Morgan fingerprint density at radius 3 is 2.72 bits per heavy atom. The predicted octanol–water partition coefficient (Wildman–Crippen LogP) is 1.84. The number of nitrogens with one attached hydrogen (secondary N) is 1. The average Bonchev–Trinajstić information content (AvgIpc) is 2.40. The van der Waals surface area contributed by atoms with Crippen molar-refractivity contribution in [3.05, 3.63) is 30.9 Å². The minimum absolute atomic E-state index is 0.273. The van der Waals surface area contributed by atoms with E-state index in [2.05, 4.69) is 11.9 Å². The summed E-state index contributed by atoms with van der Waals surface area (Å²) in [6.07, 6.45) is 1.20. The molecule has 1 rings (SSSR count). The minimum atomic E-state index is -0.273. The molecule has 0 aliphatic carbocycles. The molecule has 0 aliphatic rings. The molecule has 0 saturated heterocycles. The van der Waals surface area contributed by atoms with Gasteiger partial charge >= 0.3 is 0 Å². The topological polar surface area (TPSA) is 56.8 Å². The van der Waals surface area contributed by atoms with Gasteiger partial charge in [0.05, 0.1) is 13.7 Å². The third-order valence-corrected chi connectivity index (χ3v) is 2.16. The average molecular weight is 251 g/mol. The third-order valence-electron chi connectivity index (χ3n) is 2.16. The maximum absolute atomic E-state index is 11.2. The van der Waals surface area contributed by atoms with Gasteiger partial charge in [0, 0.05) is 18.9 Å². The fourth-order valence-electron chi connectivity index (χ4n) is 1.29. The Morgan fingerprint density at radius 1 is 1.33 bits per heavy atom. The standard InChI is InChI=1S/C13H17NO4/c1-4-13(15)14-10-5-6-11(12(9-10)17-3)18-8-7-16-2/h4-6,9H,1,7-8H2,2-3H3,(H,14,15). The van der Waals surface area contributed by atoms with E-state index in [-0.39, 0.29) is 5.91 Å². The summed E-state index contributed by atoms with van der Waals surface area (Å²) in [5.41, 5.74) is 0.621. The van der Waals surface area contributed by atoms with Crippen LogP contribution in [0.15, 0.2) is 30.9 Å². The van der Waals surface area contributed by atoms with Crippen molar-refractivity contribution in [1.29, 1.82) is 0 Å². The summed E-state index contributed by atoms with van der Waals surface area (Å²) in [6, 6.07) is 5.14. The molecule has 1 aromatic rings. The Labute approximate surface area is 106 Å². The van der Waals surface area contributed by atoms with Gasteiger partial charge in [0.25, 0.3) is 0 Å².